The van der Waals surface area contributed by atoms with E-state index in [0.29, 0.717) is 5.01 Å². The first-order valence-corrected chi connectivity index (χ1v) is 7.46. The maximum atomic E-state index is 11.9. The zero-order valence-electron chi connectivity index (χ0n) is 9.69. The third kappa shape index (κ3) is 2.97. The van der Waals surface area contributed by atoms with Crippen LogP contribution in [0.4, 0.5) is 0 Å². The number of carboxylic acid groups (broad SMARTS) is 1. The molecule has 0 aliphatic carbocycles. The lowest BCUT2D eigenvalue weighted by Gasteiger charge is -2.10. The Hall–Kier alpha value is -1.78. The predicted octanol–water partition coefficient (Wildman–Crippen LogP) is 0.604. The molecule has 8 nitrogen and oxygen atoms in total. The standard InChI is InChI=1S/C9H10N4O4S2/c1-5(8-12-6(3-18-8)9(14)15)13-19(16,17)7-2-10-4-11-7/h2-5,13H,1H3,(H,10,11)(H,14,15). The number of aromatic amines is 1. The summed E-state index contributed by atoms with van der Waals surface area (Å²) in [5, 5.41) is 10.4. The molecule has 2 heterocycles. The van der Waals surface area contributed by atoms with Gasteiger partial charge in [-0.3, -0.25) is 0 Å². The minimum Gasteiger partial charge on any atom is -0.476 e. The number of carbonyl (C=O) groups is 1. The molecule has 0 saturated heterocycles. The van der Waals surface area contributed by atoms with Gasteiger partial charge in [0, 0.05) is 5.38 Å². The van der Waals surface area contributed by atoms with Crippen molar-refractivity contribution in [3.05, 3.63) is 28.6 Å². The van der Waals surface area contributed by atoms with Gasteiger partial charge in [0.05, 0.1) is 18.6 Å². The van der Waals surface area contributed by atoms with E-state index >= 15 is 0 Å². The number of H-pyrrole nitrogens is 1. The van der Waals surface area contributed by atoms with E-state index < -0.39 is 22.0 Å². The van der Waals surface area contributed by atoms with Crippen LogP contribution < -0.4 is 4.72 Å². The van der Waals surface area contributed by atoms with Crippen LogP contribution in [0, 0.1) is 0 Å². The Morgan fingerprint density at radius 1 is 1.58 bits per heavy atom. The van der Waals surface area contributed by atoms with Crippen molar-refractivity contribution in [2.24, 2.45) is 0 Å². The van der Waals surface area contributed by atoms with Crippen LogP contribution in [0.25, 0.3) is 0 Å². The second-order valence-corrected chi connectivity index (χ2v) is 6.21. The second-order valence-electron chi connectivity index (χ2n) is 3.63. The van der Waals surface area contributed by atoms with Gasteiger partial charge in [0.2, 0.25) is 0 Å². The highest BCUT2D eigenvalue weighted by Gasteiger charge is 2.22. The molecule has 0 aliphatic rings. The summed E-state index contributed by atoms with van der Waals surface area (Å²) in [6.45, 7) is 1.58. The summed E-state index contributed by atoms with van der Waals surface area (Å²) in [5.74, 6) is -1.15. The number of aromatic nitrogens is 3. The fourth-order valence-corrected chi connectivity index (χ4v) is 3.31. The number of nitrogens with zero attached hydrogens (tertiary/aromatic N) is 2. The largest absolute Gasteiger partial charge is 0.476 e. The van der Waals surface area contributed by atoms with Gasteiger partial charge in [-0.1, -0.05) is 0 Å². The van der Waals surface area contributed by atoms with Crippen molar-refractivity contribution in [2.75, 3.05) is 0 Å². The van der Waals surface area contributed by atoms with E-state index in [1.807, 2.05) is 0 Å². The number of aromatic carboxylic acids is 1. The van der Waals surface area contributed by atoms with Crippen LogP contribution in [0.1, 0.15) is 28.5 Å². The SMILES string of the molecule is CC(NS(=O)(=O)c1cnc[nH]1)c1nc(C(=O)O)cs1. The second kappa shape index (κ2) is 5.07. The minimum absolute atomic E-state index is 0.0608. The highest BCUT2D eigenvalue weighted by Crippen LogP contribution is 2.20. The third-order valence-electron chi connectivity index (χ3n) is 2.21. The maximum Gasteiger partial charge on any atom is 0.355 e. The quantitative estimate of drug-likeness (QED) is 0.743. The number of rotatable bonds is 5. The normalized spacial score (nSPS) is 13.3. The fourth-order valence-electron chi connectivity index (χ4n) is 1.32. The molecule has 19 heavy (non-hydrogen) atoms. The van der Waals surface area contributed by atoms with Gasteiger partial charge in [0.15, 0.2) is 10.7 Å². The molecule has 0 radical (unpaired) electrons. The Morgan fingerprint density at radius 2 is 2.32 bits per heavy atom. The van der Waals surface area contributed by atoms with Crippen molar-refractivity contribution in [1.29, 1.82) is 0 Å². The Labute approximate surface area is 112 Å². The molecule has 1 unspecified atom stereocenters. The number of hydrogen-bond donors (Lipinski definition) is 3. The van der Waals surface area contributed by atoms with E-state index in [1.54, 1.807) is 6.92 Å². The molecule has 2 aromatic heterocycles. The highest BCUT2D eigenvalue weighted by atomic mass is 32.2. The molecular weight excluding hydrogens is 292 g/mol. The zero-order valence-corrected chi connectivity index (χ0v) is 11.3. The summed E-state index contributed by atoms with van der Waals surface area (Å²) in [6.07, 6.45) is 2.44. The van der Waals surface area contributed by atoms with Gasteiger partial charge in [-0.15, -0.1) is 11.3 Å². The molecule has 0 bridgehead atoms. The molecule has 3 N–H and O–H groups in total. The number of hydrogen-bond acceptors (Lipinski definition) is 6. The van der Waals surface area contributed by atoms with Crippen LogP contribution >= 0.6 is 11.3 Å². The maximum absolute atomic E-state index is 11.9. The lowest BCUT2D eigenvalue weighted by Crippen LogP contribution is -2.27. The van der Waals surface area contributed by atoms with E-state index in [1.165, 1.54) is 17.9 Å². The van der Waals surface area contributed by atoms with Crippen LogP contribution in [0.3, 0.4) is 0 Å². The fraction of sp³-hybridized carbons (Fsp3) is 0.222. The smallest absolute Gasteiger partial charge is 0.355 e. The lowest BCUT2D eigenvalue weighted by molar-refractivity contribution is 0.0691. The Kier molecular flexibility index (Phi) is 3.64. The van der Waals surface area contributed by atoms with Crippen molar-refractivity contribution in [3.63, 3.8) is 0 Å². The number of sulfonamides is 1. The monoisotopic (exact) mass is 302 g/mol. The van der Waals surface area contributed by atoms with Crippen molar-refractivity contribution < 1.29 is 18.3 Å². The summed E-state index contributed by atoms with van der Waals surface area (Å²) < 4.78 is 26.2. The topological polar surface area (TPSA) is 125 Å². The van der Waals surface area contributed by atoms with Gasteiger partial charge >= 0.3 is 5.97 Å². The predicted molar refractivity (Wildman–Crippen MR) is 66.4 cm³/mol. The molecule has 0 fully saturated rings. The van der Waals surface area contributed by atoms with E-state index in [9.17, 15) is 13.2 Å². The lowest BCUT2D eigenvalue weighted by atomic mass is 10.4. The van der Waals surface area contributed by atoms with Gasteiger partial charge in [-0.05, 0) is 6.92 Å². The van der Waals surface area contributed by atoms with Crippen molar-refractivity contribution in [2.45, 2.75) is 18.0 Å². The van der Waals surface area contributed by atoms with E-state index in [2.05, 4.69) is 19.7 Å². The van der Waals surface area contributed by atoms with Gasteiger partial charge in [0.1, 0.15) is 5.01 Å². The minimum atomic E-state index is -3.72. The van der Waals surface area contributed by atoms with Crippen molar-refractivity contribution in [1.82, 2.24) is 19.7 Å². The molecular formula is C9H10N4O4S2. The van der Waals surface area contributed by atoms with Crippen LogP contribution in [0.5, 0.6) is 0 Å². The molecule has 0 spiro atoms. The summed E-state index contributed by atoms with van der Waals surface area (Å²) in [5.41, 5.74) is -0.104. The van der Waals surface area contributed by atoms with Gasteiger partial charge in [-0.2, -0.15) is 0 Å². The molecule has 10 heteroatoms. The first kappa shape index (κ1) is 13.6. The van der Waals surface area contributed by atoms with E-state index in [-0.39, 0.29) is 10.7 Å². The molecule has 1 atom stereocenters. The van der Waals surface area contributed by atoms with Crippen molar-refractivity contribution >= 4 is 27.3 Å². The van der Waals surface area contributed by atoms with Crippen LogP contribution in [0.2, 0.25) is 0 Å². The average Bonchev–Trinajstić information content (AvgIpc) is 3.00. The van der Waals surface area contributed by atoms with E-state index in [4.69, 9.17) is 5.11 Å². The zero-order chi connectivity index (χ0) is 14.0. The van der Waals surface area contributed by atoms with Gasteiger partial charge in [-0.25, -0.2) is 27.9 Å². The Bertz CT molecular complexity index is 677. The molecule has 0 aliphatic heterocycles. The summed E-state index contributed by atoms with van der Waals surface area (Å²) in [6, 6.07) is -0.633. The van der Waals surface area contributed by atoms with Crippen LogP contribution in [0.15, 0.2) is 22.9 Å². The molecule has 2 rings (SSSR count). The number of imidazole rings is 1. The molecule has 0 saturated carbocycles. The number of nitrogens with one attached hydrogen (secondary N) is 2. The Balaban J connectivity index is 2.17. The molecule has 0 amide bonds. The van der Waals surface area contributed by atoms with Crippen LogP contribution in [-0.2, 0) is 10.0 Å². The van der Waals surface area contributed by atoms with E-state index in [0.717, 1.165) is 11.3 Å². The Morgan fingerprint density at radius 3 is 2.84 bits per heavy atom. The van der Waals surface area contributed by atoms with Gasteiger partial charge in [0.25, 0.3) is 10.0 Å². The average molecular weight is 302 g/mol. The first-order chi connectivity index (χ1) is 8.90. The summed E-state index contributed by atoms with van der Waals surface area (Å²) in [4.78, 5) is 20.7. The number of carboxylic acids is 1. The van der Waals surface area contributed by atoms with Gasteiger partial charge < -0.3 is 10.1 Å². The molecule has 0 aromatic carbocycles. The highest BCUT2D eigenvalue weighted by molar-refractivity contribution is 7.89. The first-order valence-electron chi connectivity index (χ1n) is 5.09. The molecule has 102 valence electrons. The van der Waals surface area contributed by atoms with Crippen LogP contribution in [-0.4, -0.2) is 34.4 Å². The summed E-state index contributed by atoms with van der Waals surface area (Å²) >= 11 is 1.08. The molecule has 2 aromatic rings. The third-order valence-corrected chi connectivity index (χ3v) is 4.70. The van der Waals surface area contributed by atoms with Crippen molar-refractivity contribution in [3.8, 4) is 0 Å². The summed E-state index contributed by atoms with van der Waals surface area (Å²) in [7, 11) is -3.72. The number of thiazole rings is 1.